The second kappa shape index (κ2) is 5.45. The fraction of sp³-hybridized carbons (Fsp3) is 0. The number of amides is 1. The molecule has 0 spiro atoms. The first kappa shape index (κ1) is 13.0. The highest BCUT2D eigenvalue weighted by atomic mass is 35.5. The Bertz CT molecular complexity index is 646. The summed E-state index contributed by atoms with van der Waals surface area (Å²) >= 11 is 5.66. The molecule has 2 N–H and O–H groups in total. The van der Waals surface area contributed by atoms with Gasteiger partial charge in [-0.25, -0.2) is 14.8 Å². The molecule has 0 radical (unpaired) electrons. The SMILES string of the molecule is O=C(O)c1ccccc1C(=O)Nc1nccc(Cl)n1. The lowest BCUT2D eigenvalue weighted by atomic mass is 10.1. The Balaban J connectivity index is 2.28. The maximum Gasteiger partial charge on any atom is 0.336 e. The average molecular weight is 278 g/mol. The Morgan fingerprint density at radius 3 is 2.47 bits per heavy atom. The summed E-state index contributed by atoms with van der Waals surface area (Å²) in [5.41, 5.74) is -0.0689. The molecule has 0 aliphatic heterocycles. The van der Waals surface area contributed by atoms with E-state index in [9.17, 15) is 9.59 Å². The highest BCUT2D eigenvalue weighted by Gasteiger charge is 2.16. The second-order valence-corrected chi connectivity index (χ2v) is 3.90. The largest absolute Gasteiger partial charge is 0.478 e. The van der Waals surface area contributed by atoms with Gasteiger partial charge in [0.2, 0.25) is 5.95 Å². The molecule has 2 rings (SSSR count). The highest BCUT2D eigenvalue weighted by Crippen LogP contribution is 2.12. The number of carbonyl (C=O) groups is 2. The minimum absolute atomic E-state index is 0.0118. The molecule has 0 aliphatic carbocycles. The van der Waals surface area contributed by atoms with Crippen molar-refractivity contribution in [1.29, 1.82) is 0 Å². The summed E-state index contributed by atoms with van der Waals surface area (Å²) in [6.07, 6.45) is 1.38. The van der Waals surface area contributed by atoms with Crippen molar-refractivity contribution in [2.45, 2.75) is 0 Å². The van der Waals surface area contributed by atoms with Crippen LogP contribution in [-0.2, 0) is 0 Å². The Morgan fingerprint density at radius 1 is 1.16 bits per heavy atom. The molecular weight excluding hydrogens is 270 g/mol. The number of nitrogens with zero attached hydrogens (tertiary/aromatic N) is 2. The van der Waals surface area contributed by atoms with Crippen LogP contribution in [0.25, 0.3) is 0 Å². The van der Waals surface area contributed by atoms with E-state index in [4.69, 9.17) is 16.7 Å². The molecule has 0 bridgehead atoms. The second-order valence-electron chi connectivity index (χ2n) is 3.51. The standard InChI is InChI=1S/C12H8ClN3O3/c13-9-5-6-14-12(15-9)16-10(17)7-3-1-2-4-8(7)11(18)19/h1-6H,(H,18,19)(H,14,15,16,17). The van der Waals surface area contributed by atoms with Crippen LogP contribution in [-0.4, -0.2) is 27.0 Å². The van der Waals surface area contributed by atoms with Crippen molar-refractivity contribution in [1.82, 2.24) is 9.97 Å². The number of hydrogen-bond acceptors (Lipinski definition) is 4. The molecule has 1 amide bonds. The number of benzene rings is 1. The first-order valence-electron chi connectivity index (χ1n) is 5.20. The number of rotatable bonds is 3. The maximum absolute atomic E-state index is 12.0. The first-order valence-corrected chi connectivity index (χ1v) is 5.58. The molecule has 1 heterocycles. The lowest BCUT2D eigenvalue weighted by molar-refractivity contribution is 0.0692. The summed E-state index contributed by atoms with van der Waals surface area (Å²) < 4.78 is 0. The number of halogens is 1. The number of carboxylic acids is 1. The van der Waals surface area contributed by atoms with Gasteiger partial charge in [-0.3, -0.25) is 10.1 Å². The molecule has 0 saturated carbocycles. The van der Waals surface area contributed by atoms with Gasteiger partial charge in [-0.05, 0) is 18.2 Å². The summed E-state index contributed by atoms with van der Waals surface area (Å²) in [6, 6.07) is 7.32. The van der Waals surface area contributed by atoms with Crippen LogP contribution >= 0.6 is 11.6 Å². The molecule has 0 atom stereocenters. The zero-order valence-corrected chi connectivity index (χ0v) is 10.3. The molecule has 1 aromatic heterocycles. The lowest BCUT2D eigenvalue weighted by Gasteiger charge is -2.06. The van der Waals surface area contributed by atoms with Crippen LogP contribution in [0, 0.1) is 0 Å². The van der Waals surface area contributed by atoms with Crippen LogP contribution in [0.2, 0.25) is 5.15 Å². The Hall–Kier alpha value is -2.47. The number of aromatic carboxylic acids is 1. The van der Waals surface area contributed by atoms with Gasteiger partial charge in [0.15, 0.2) is 0 Å². The highest BCUT2D eigenvalue weighted by molar-refractivity contribution is 6.29. The zero-order valence-electron chi connectivity index (χ0n) is 9.50. The van der Waals surface area contributed by atoms with Gasteiger partial charge in [0.05, 0.1) is 11.1 Å². The van der Waals surface area contributed by atoms with E-state index >= 15 is 0 Å². The minimum Gasteiger partial charge on any atom is -0.478 e. The molecule has 0 saturated heterocycles. The number of anilines is 1. The number of carboxylic acid groups (broad SMARTS) is 1. The molecule has 1 aromatic carbocycles. The van der Waals surface area contributed by atoms with Gasteiger partial charge >= 0.3 is 5.97 Å². The predicted octanol–water partition coefficient (Wildman–Crippen LogP) is 2.08. The molecule has 19 heavy (non-hydrogen) atoms. The van der Waals surface area contributed by atoms with E-state index in [2.05, 4.69) is 15.3 Å². The molecule has 96 valence electrons. The van der Waals surface area contributed by atoms with Crippen molar-refractivity contribution >= 4 is 29.4 Å². The molecular formula is C12H8ClN3O3. The minimum atomic E-state index is -1.18. The summed E-state index contributed by atoms with van der Waals surface area (Å²) in [7, 11) is 0. The van der Waals surface area contributed by atoms with E-state index < -0.39 is 11.9 Å². The number of nitrogens with one attached hydrogen (secondary N) is 1. The normalized spacial score (nSPS) is 9.95. The number of aromatic nitrogens is 2. The molecule has 2 aromatic rings. The lowest BCUT2D eigenvalue weighted by Crippen LogP contribution is -2.17. The fourth-order valence-electron chi connectivity index (χ4n) is 1.43. The van der Waals surface area contributed by atoms with Crippen molar-refractivity contribution < 1.29 is 14.7 Å². The van der Waals surface area contributed by atoms with E-state index in [0.717, 1.165) is 0 Å². The quantitative estimate of drug-likeness (QED) is 0.838. The molecule has 6 nitrogen and oxygen atoms in total. The Kier molecular flexibility index (Phi) is 3.72. The van der Waals surface area contributed by atoms with Gasteiger partial charge in [-0.2, -0.15) is 0 Å². The van der Waals surface area contributed by atoms with Crippen molar-refractivity contribution in [3.05, 3.63) is 52.8 Å². The Labute approximate surface area is 113 Å². The number of hydrogen-bond donors (Lipinski definition) is 2. The first-order chi connectivity index (χ1) is 9.08. The van der Waals surface area contributed by atoms with Gasteiger partial charge in [0.1, 0.15) is 5.15 Å². The van der Waals surface area contributed by atoms with Crippen LogP contribution in [0.4, 0.5) is 5.95 Å². The third-order valence-corrected chi connectivity index (χ3v) is 2.46. The van der Waals surface area contributed by atoms with E-state index in [1.54, 1.807) is 6.07 Å². The van der Waals surface area contributed by atoms with Crippen LogP contribution < -0.4 is 5.32 Å². The number of carbonyl (C=O) groups excluding carboxylic acids is 1. The van der Waals surface area contributed by atoms with Crippen LogP contribution in [0.1, 0.15) is 20.7 Å². The molecule has 0 fully saturated rings. The monoisotopic (exact) mass is 277 g/mol. The van der Waals surface area contributed by atoms with Gasteiger partial charge in [-0.15, -0.1) is 0 Å². The summed E-state index contributed by atoms with van der Waals surface area (Å²) in [6.45, 7) is 0. The summed E-state index contributed by atoms with van der Waals surface area (Å²) in [5, 5.41) is 11.6. The van der Waals surface area contributed by atoms with Crippen LogP contribution in [0.3, 0.4) is 0 Å². The van der Waals surface area contributed by atoms with Crippen molar-refractivity contribution in [2.75, 3.05) is 5.32 Å². The molecule has 0 aliphatic rings. The van der Waals surface area contributed by atoms with E-state index in [1.165, 1.54) is 30.5 Å². The summed E-state index contributed by atoms with van der Waals surface area (Å²) in [5.74, 6) is -1.78. The fourth-order valence-corrected chi connectivity index (χ4v) is 1.57. The zero-order chi connectivity index (χ0) is 13.8. The molecule has 0 unspecified atom stereocenters. The third kappa shape index (κ3) is 3.05. The Morgan fingerprint density at radius 2 is 1.84 bits per heavy atom. The van der Waals surface area contributed by atoms with Gasteiger partial charge in [0.25, 0.3) is 5.91 Å². The van der Waals surface area contributed by atoms with E-state index in [0.29, 0.717) is 0 Å². The van der Waals surface area contributed by atoms with Crippen molar-refractivity contribution in [3.8, 4) is 0 Å². The van der Waals surface area contributed by atoms with Crippen molar-refractivity contribution in [3.63, 3.8) is 0 Å². The van der Waals surface area contributed by atoms with E-state index in [-0.39, 0.29) is 22.2 Å². The molecule has 7 heteroatoms. The van der Waals surface area contributed by atoms with Gasteiger partial charge in [-0.1, -0.05) is 23.7 Å². The third-order valence-electron chi connectivity index (χ3n) is 2.25. The predicted molar refractivity (Wildman–Crippen MR) is 68.4 cm³/mol. The van der Waals surface area contributed by atoms with Crippen molar-refractivity contribution in [2.24, 2.45) is 0 Å². The smallest absolute Gasteiger partial charge is 0.336 e. The van der Waals surface area contributed by atoms with Gasteiger partial charge in [0, 0.05) is 6.20 Å². The maximum atomic E-state index is 12.0. The average Bonchev–Trinajstić information content (AvgIpc) is 2.38. The van der Waals surface area contributed by atoms with Crippen LogP contribution in [0.15, 0.2) is 36.5 Å². The topological polar surface area (TPSA) is 92.2 Å². The van der Waals surface area contributed by atoms with Crippen LogP contribution in [0.5, 0.6) is 0 Å². The van der Waals surface area contributed by atoms with Gasteiger partial charge < -0.3 is 5.11 Å². The summed E-state index contributed by atoms with van der Waals surface area (Å²) in [4.78, 5) is 30.5. The van der Waals surface area contributed by atoms with E-state index in [1.807, 2.05) is 0 Å².